The molecule has 0 saturated heterocycles. The molecule has 1 nitrogen and oxygen atoms in total. The molecule has 0 aromatic heterocycles. The quantitative estimate of drug-likeness (QED) is 0.748. The largest absolute Gasteiger partial charge is 0.304 e. The number of benzene rings is 1. The topological polar surface area (TPSA) is 12.0 Å². The van der Waals surface area contributed by atoms with Crippen molar-refractivity contribution in [2.45, 2.75) is 25.9 Å². The highest BCUT2D eigenvalue weighted by molar-refractivity contribution is 6.30. The molecule has 76 valence electrons. The minimum atomic E-state index is 0.293. The van der Waals surface area contributed by atoms with Gasteiger partial charge in [0.25, 0.3) is 0 Å². The van der Waals surface area contributed by atoms with Crippen molar-refractivity contribution in [1.82, 2.24) is 5.32 Å². The lowest BCUT2D eigenvalue weighted by atomic mass is 10.1. The van der Waals surface area contributed by atoms with Crippen LogP contribution in [0.25, 0.3) is 0 Å². The molecule has 1 rings (SSSR count). The van der Waals surface area contributed by atoms with E-state index in [1.807, 2.05) is 24.3 Å². The number of halogens is 1. The van der Waals surface area contributed by atoms with Crippen molar-refractivity contribution in [3.8, 4) is 0 Å². The fourth-order valence-corrected chi connectivity index (χ4v) is 1.53. The van der Waals surface area contributed by atoms with E-state index >= 15 is 0 Å². The van der Waals surface area contributed by atoms with Crippen LogP contribution in [-0.2, 0) is 0 Å². The van der Waals surface area contributed by atoms with Gasteiger partial charge in [0.15, 0.2) is 0 Å². The highest BCUT2D eigenvalue weighted by Gasteiger charge is 2.06. The van der Waals surface area contributed by atoms with Crippen molar-refractivity contribution >= 4 is 11.6 Å². The van der Waals surface area contributed by atoms with Gasteiger partial charge in [0, 0.05) is 17.1 Å². The Kier molecular flexibility index (Phi) is 4.18. The Morgan fingerprint density at radius 3 is 2.71 bits per heavy atom. The number of hydrogen-bond acceptors (Lipinski definition) is 1. The Morgan fingerprint density at radius 2 is 2.14 bits per heavy atom. The minimum Gasteiger partial charge on any atom is -0.304 e. The van der Waals surface area contributed by atoms with Crippen LogP contribution in [0.5, 0.6) is 0 Å². The molecule has 0 bridgehead atoms. The molecule has 0 amide bonds. The maximum absolute atomic E-state index is 5.91. The zero-order chi connectivity index (χ0) is 10.6. The van der Waals surface area contributed by atoms with Crippen LogP contribution < -0.4 is 5.32 Å². The molecular formula is C12H16ClN. The summed E-state index contributed by atoms with van der Waals surface area (Å²) in [5, 5.41) is 4.18. The van der Waals surface area contributed by atoms with Crippen molar-refractivity contribution in [2.24, 2.45) is 0 Å². The van der Waals surface area contributed by atoms with Crippen LogP contribution in [0.3, 0.4) is 0 Å². The van der Waals surface area contributed by atoms with E-state index in [1.165, 1.54) is 5.56 Å². The number of hydrogen-bond donors (Lipinski definition) is 1. The second kappa shape index (κ2) is 5.18. The highest BCUT2D eigenvalue weighted by atomic mass is 35.5. The monoisotopic (exact) mass is 209 g/mol. The molecule has 0 aliphatic rings. The molecule has 2 heteroatoms. The first-order chi connectivity index (χ1) is 6.63. The molecule has 0 heterocycles. The zero-order valence-corrected chi connectivity index (χ0v) is 9.38. The highest BCUT2D eigenvalue weighted by Crippen LogP contribution is 2.17. The maximum atomic E-state index is 5.91. The molecule has 1 aromatic carbocycles. The standard InChI is InChI=1S/C12H16ClN/c1-4-9(2)14-10(3)11-6-5-7-12(13)8-11/h4-10,14H,1H2,2-3H3. The lowest BCUT2D eigenvalue weighted by molar-refractivity contribution is 0.537. The van der Waals surface area contributed by atoms with Crippen molar-refractivity contribution in [1.29, 1.82) is 0 Å². The van der Waals surface area contributed by atoms with Gasteiger partial charge < -0.3 is 5.32 Å². The predicted octanol–water partition coefficient (Wildman–Crippen LogP) is 3.57. The van der Waals surface area contributed by atoms with Crippen LogP contribution >= 0.6 is 11.6 Å². The van der Waals surface area contributed by atoms with E-state index in [4.69, 9.17) is 11.6 Å². The molecule has 2 atom stereocenters. The van der Waals surface area contributed by atoms with E-state index in [1.54, 1.807) is 0 Å². The summed E-state index contributed by atoms with van der Waals surface area (Å²) < 4.78 is 0. The number of nitrogens with one attached hydrogen (secondary N) is 1. The normalized spacial score (nSPS) is 14.8. The first-order valence-electron chi connectivity index (χ1n) is 4.77. The van der Waals surface area contributed by atoms with Gasteiger partial charge in [-0.15, -0.1) is 6.58 Å². The predicted molar refractivity (Wildman–Crippen MR) is 62.7 cm³/mol. The van der Waals surface area contributed by atoms with Crippen molar-refractivity contribution in [2.75, 3.05) is 0 Å². The Hall–Kier alpha value is -0.790. The Bertz CT molecular complexity index is 309. The van der Waals surface area contributed by atoms with Gasteiger partial charge in [-0.1, -0.05) is 29.8 Å². The fourth-order valence-electron chi connectivity index (χ4n) is 1.33. The van der Waals surface area contributed by atoms with E-state index in [9.17, 15) is 0 Å². The molecule has 2 unspecified atom stereocenters. The molecule has 1 N–H and O–H groups in total. The molecule has 0 aliphatic carbocycles. The zero-order valence-electron chi connectivity index (χ0n) is 8.63. The van der Waals surface area contributed by atoms with Gasteiger partial charge in [-0.25, -0.2) is 0 Å². The van der Waals surface area contributed by atoms with E-state index < -0.39 is 0 Å². The second-order valence-electron chi connectivity index (χ2n) is 3.47. The van der Waals surface area contributed by atoms with E-state index in [2.05, 4.69) is 31.8 Å². The molecule has 14 heavy (non-hydrogen) atoms. The average Bonchev–Trinajstić information content (AvgIpc) is 2.17. The summed E-state index contributed by atoms with van der Waals surface area (Å²) >= 11 is 5.91. The Labute approximate surface area is 90.8 Å². The van der Waals surface area contributed by atoms with Gasteiger partial charge in [0.05, 0.1) is 0 Å². The van der Waals surface area contributed by atoms with Gasteiger partial charge >= 0.3 is 0 Å². The molecule has 0 saturated carbocycles. The summed E-state index contributed by atoms with van der Waals surface area (Å²) in [4.78, 5) is 0. The van der Waals surface area contributed by atoms with Gasteiger partial charge in [0.2, 0.25) is 0 Å². The Morgan fingerprint density at radius 1 is 1.43 bits per heavy atom. The molecule has 0 spiro atoms. The molecule has 0 fully saturated rings. The summed E-state index contributed by atoms with van der Waals surface area (Å²) in [6.07, 6.45) is 1.89. The summed E-state index contributed by atoms with van der Waals surface area (Å²) in [5.41, 5.74) is 1.20. The van der Waals surface area contributed by atoms with E-state index in [0.717, 1.165) is 5.02 Å². The van der Waals surface area contributed by atoms with Crippen molar-refractivity contribution < 1.29 is 0 Å². The van der Waals surface area contributed by atoms with E-state index in [-0.39, 0.29) is 0 Å². The number of rotatable bonds is 4. The molecule has 0 radical (unpaired) electrons. The van der Waals surface area contributed by atoms with Crippen molar-refractivity contribution in [3.05, 3.63) is 47.5 Å². The van der Waals surface area contributed by atoms with Crippen LogP contribution in [0.15, 0.2) is 36.9 Å². The Balaban J connectivity index is 2.69. The molecule has 0 aliphatic heterocycles. The van der Waals surface area contributed by atoms with Crippen LogP contribution in [0.2, 0.25) is 5.02 Å². The average molecular weight is 210 g/mol. The third-order valence-electron chi connectivity index (χ3n) is 2.22. The lowest BCUT2D eigenvalue weighted by Crippen LogP contribution is -2.26. The van der Waals surface area contributed by atoms with Crippen molar-refractivity contribution in [3.63, 3.8) is 0 Å². The smallest absolute Gasteiger partial charge is 0.0409 e. The first kappa shape index (κ1) is 11.3. The van der Waals surface area contributed by atoms with Crippen LogP contribution in [-0.4, -0.2) is 6.04 Å². The van der Waals surface area contributed by atoms with Crippen LogP contribution in [0, 0.1) is 0 Å². The minimum absolute atomic E-state index is 0.293. The third-order valence-corrected chi connectivity index (χ3v) is 2.45. The SMILES string of the molecule is C=CC(C)NC(C)c1cccc(Cl)c1. The second-order valence-corrected chi connectivity index (χ2v) is 3.90. The van der Waals surface area contributed by atoms with Crippen LogP contribution in [0.1, 0.15) is 25.5 Å². The van der Waals surface area contributed by atoms with E-state index in [0.29, 0.717) is 12.1 Å². The summed E-state index contributed by atoms with van der Waals surface area (Å²) in [6.45, 7) is 7.93. The summed E-state index contributed by atoms with van der Waals surface area (Å²) in [6, 6.07) is 8.50. The van der Waals surface area contributed by atoms with Gasteiger partial charge in [-0.05, 0) is 31.5 Å². The summed E-state index contributed by atoms with van der Waals surface area (Å²) in [7, 11) is 0. The van der Waals surface area contributed by atoms with Gasteiger partial charge in [0.1, 0.15) is 0 Å². The van der Waals surface area contributed by atoms with Gasteiger partial charge in [-0.3, -0.25) is 0 Å². The maximum Gasteiger partial charge on any atom is 0.0409 e. The summed E-state index contributed by atoms with van der Waals surface area (Å²) in [5.74, 6) is 0. The first-order valence-corrected chi connectivity index (χ1v) is 5.15. The van der Waals surface area contributed by atoms with Gasteiger partial charge in [-0.2, -0.15) is 0 Å². The molecular weight excluding hydrogens is 194 g/mol. The lowest BCUT2D eigenvalue weighted by Gasteiger charge is -2.17. The third kappa shape index (κ3) is 3.17. The van der Waals surface area contributed by atoms with Crippen LogP contribution in [0.4, 0.5) is 0 Å². The molecule has 1 aromatic rings. The fraction of sp³-hybridized carbons (Fsp3) is 0.333.